The molecule has 0 saturated heterocycles. The minimum absolute atomic E-state index is 0.567. The van der Waals surface area contributed by atoms with Crippen LogP contribution in [0.3, 0.4) is 0 Å². The van der Waals surface area contributed by atoms with Gasteiger partial charge in [0, 0.05) is 0 Å². The Morgan fingerprint density at radius 3 is 2.64 bits per heavy atom. The number of carbonyl (C=O) groups excluding carboxylic acids is 1. The van der Waals surface area contributed by atoms with Gasteiger partial charge in [-0.05, 0) is 25.5 Å². The van der Waals surface area contributed by atoms with Gasteiger partial charge in [0.25, 0.3) is 0 Å². The summed E-state index contributed by atoms with van der Waals surface area (Å²) in [6.07, 6.45) is 0.567. The highest BCUT2D eigenvalue weighted by atomic mass is 16.1. The van der Waals surface area contributed by atoms with Crippen LogP contribution in [0.2, 0.25) is 0 Å². The van der Waals surface area contributed by atoms with E-state index in [-0.39, 0.29) is 0 Å². The highest BCUT2D eigenvalue weighted by molar-refractivity contribution is 5.61. The Labute approximate surface area is 66.2 Å². The Kier molecular flexibility index (Phi) is 2.26. The van der Waals surface area contributed by atoms with Crippen molar-refractivity contribution in [1.82, 2.24) is 5.32 Å². The van der Waals surface area contributed by atoms with Gasteiger partial charge in [0.2, 0.25) is 6.41 Å². The van der Waals surface area contributed by atoms with E-state index in [1.165, 1.54) is 5.56 Å². The molecule has 0 aliphatic heterocycles. The van der Waals surface area contributed by atoms with Crippen LogP contribution in [0.5, 0.6) is 0 Å². The van der Waals surface area contributed by atoms with Crippen molar-refractivity contribution in [3.8, 4) is 0 Å². The molecule has 0 aliphatic carbocycles. The summed E-state index contributed by atoms with van der Waals surface area (Å²) in [5.41, 5.74) is 2.98. The summed E-state index contributed by atoms with van der Waals surface area (Å²) in [5.74, 6) is 0. The van der Waals surface area contributed by atoms with E-state index in [2.05, 4.69) is 5.32 Å². The van der Waals surface area contributed by atoms with Crippen LogP contribution in [0.4, 0.5) is 5.69 Å². The van der Waals surface area contributed by atoms with E-state index in [1.54, 1.807) is 0 Å². The highest BCUT2D eigenvalue weighted by Crippen LogP contribution is 2.14. The van der Waals surface area contributed by atoms with Crippen molar-refractivity contribution in [2.24, 2.45) is 0 Å². The van der Waals surface area contributed by atoms with Gasteiger partial charge in [-0.15, -0.1) is 0 Å². The summed E-state index contributed by atoms with van der Waals surface area (Å²) < 4.78 is 0. The number of aryl methyl sites for hydroxylation is 2. The van der Waals surface area contributed by atoms with Gasteiger partial charge in [-0.2, -0.15) is 0 Å². The van der Waals surface area contributed by atoms with E-state index in [1.807, 2.05) is 32.0 Å². The fraction of sp³-hybridized carbons (Fsp3) is 0.222. The summed E-state index contributed by atoms with van der Waals surface area (Å²) in [7, 11) is 0. The van der Waals surface area contributed by atoms with Crippen LogP contribution in [-0.2, 0) is 4.79 Å². The van der Waals surface area contributed by atoms with Crippen molar-refractivity contribution in [1.29, 1.82) is 0 Å². The summed E-state index contributed by atoms with van der Waals surface area (Å²) in [6.45, 7) is 3.95. The molecule has 57 valence electrons. The largest absolute Gasteiger partial charge is 0.276 e. The van der Waals surface area contributed by atoms with Crippen LogP contribution in [-0.4, -0.2) is 6.41 Å². The monoisotopic (exact) mass is 148 g/mol. The molecule has 11 heavy (non-hydrogen) atoms. The first kappa shape index (κ1) is 7.79. The Morgan fingerprint density at radius 2 is 2.09 bits per heavy atom. The molecule has 1 aromatic rings. The average molecular weight is 148 g/mol. The van der Waals surface area contributed by atoms with Crippen molar-refractivity contribution < 1.29 is 4.79 Å². The zero-order chi connectivity index (χ0) is 8.27. The van der Waals surface area contributed by atoms with Crippen molar-refractivity contribution in [2.75, 3.05) is 0 Å². The van der Waals surface area contributed by atoms with Gasteiger partial charge in [0.05, 0.1) is 5.69 Å². The molecule has 2 heteroatoms. The molecule has 1 radical (unpaired) electrons. The first-order valence-electron chi connectivity index (χ1n) is 3.46. The van der Waals surface area contributed by atoms with Gasteiger partial charge in [-0.1, -0.05) is 17.7 Å². The third kappa shape index (κ3) is 1.80. The smallest absolute Gasteiger partial charge is 0.233 e. The summed E-state index contributed by atoms with van der Waals surface area (Å²) in [4.78, 5) is 10.0. The van der Waals surface area contributed by atoms with Gasteiger partial charge in [-0.3, -0.25) is 4.79 Å². The second-order valence-corrected chi connectivity index (χ2v) is 2.52. The van der Waals surface area contributed by atoms with Crippen molar-refractivity contribution in [2.45, 2.75) is 13.8 Å². The first-order valence-corrected chi connectivity index (χ1v) is 3.46. The third-order valence-corrected chi connectivity index (χ3v) is 1.54. The molecule has 0 saturated carbocycles. The minimum Gasteiger partial charge on any atom is -0.276 e. The predicted octanol–water partition coefficient (Wildman–Crippen LogP) is 1.70. The zero-order valence-corrected chi connectivity index (χ0v) is 6.66. The van der Waals surface area contributed by atoms with Crippen molar-refractivity contribution in [3.63, 3.8) is 0 Å². The Morgan fingerprint density at radius 1 is 1.36 bits per heavy atom. The average Bonchev–Trinajstić information content (AvgIpc) is 1.95. The number of hydrogen-bond acceptors (Lipinski definition) is 1. The lowest BCUT2D eigenvalue weighted by molar-refractivity contribution is -0.108. The fourth-order valence-corrected chi connectivity index (χ4v) is 1.01. The molecule has 2 nitrogen and oxygen atoms in total. The molecule has 0 aromatic heterocycles. The molecular formula is C9H10NO. The standard InChI is InChI=1S/C9H10NO/c1-7-3-4-9(10-6-11)8(2)5-7/h3-6H,1-2H3. The SMILES string of the molecule is Cc1ccc([N]C=O)c(C)c1. The van der Waals surface area contributed by atoms with Crippen LogP contribution < -0.4 is 5.32 Å². The molecule has 1 rings (SSSR count). The van der Waals surface area contributed by atoms with Crippen LogP contribution in [0, 0.1) is 13.8 Å². The number of rotatable bonds is 2. The first-order chi connectivity index (χ1) is 5.24. The van der Waals surface area contributed by atoms with Crippen molar-refractivity contribution >= 4 is 12.1 Å². The number of carbonyl (C=O) groups is 1. The maximum Gasteiger partial charge on any atom is 0.233 e. The molecule has 0 spiro atoms. The van der Waals surface area contributed by atoms with E-state index < -0.39 is 0 Å². The van der Waals surface area contributed by atoms with E-state index in [4.69, 9.17) is 0 Å². The summed E-state index contributed by atoms with van der Waals surface area (Å²) in [5, 5.41) is 3.67. The normalized spacial score (nSPS) is 9.27. The van der Waals surface area contributed by atoms with E-state index in [9.17, 15) is 4.79 Å². The number of nitrogens with zero attached hydrogens (tertiary/aromatic N) is 1. The Hall–Kier alpha value is -1.31. The second kappa shape index (κ2) is 3.19. The van der Waals surface area contributed by atoms with Gasteiger partial charge in [-0.25, -0.2) is 5.32 Å². The molecule has 0 unspecified atom stereocenters. The molecule has 0 atom stereocenters. The lowest BCUT2D eigenvalue weighted by Crippen LogP contribution is -1.94. The van der Waals surface area contributed by atoms with Crippen molar-refractivity contribution in [3.05, 3.63) is 29.3 Å². The Balaban J connectivity index is 2.98. The van der Waals surface area contributed by atoms with E-state index >= 15 is 0 Å². The molecule has 1 amide bonds. The zero-order valence-electron chi connectivity index (χ0n) is 6.66. The second-order valence-electron chi connectivity index (χ2n) is 2.52. The molecule has 0 heterocycles. The van der Waals surface area contributed by atoms with Gasteiger partial charge in [0.1, 0.15) is 0 Å². The van der Waals surface area contributed by atoms with E-state index in [0.29, 0.717) is 6.41 Å². The minimum atomic E-state index is 0.567. The topological polar surface area (TPSA) is 31.2 Å². The highest BCUT2D eigenvalue weighted by Gasteiger charge is 1.96. The summed E-state index contributed by atoms with van der Waals surface area (Å²) >= 11 is 0. The van der Waals surface area contributed by atoms with Gasteiger partial charge in [0.15, 0.2) is 0 Å². The molecule has 0 fully saturated rings. The van der Waals surface area contributed by atoms with Crippen LogP contribution >= 0.6 is 0 Å². The lowest BCUT2D eigenvalue weighted by Gasteiger charge is -2.01. The lowest BCUT2D eigenvalue weighted by atomic mass is 10.1. The molecule has 0 N–H and O–H groups in total. The Bertz CT molecular complexity index is 268. The maximum atomic E-state index is 10.0. The predicted molar refractivity (Wildman–Crippen MR) is 43.8 cm³/mol. The summed E-state index contributed by atoms with van der Waals surface area (Å²) in [6, 6.07) is 5.79. The van der Waals surface area contributed by atoms with Gasteiger partial charge >= 0.3 is 0 Å². The van der Waals surface area contributed by atoms with Crippen LogP contribution in [0.25, 0.3) is 0 Å². The number of amides is 1. The van der Waals surface area contributed by atoms with E-state index in [0.717, 1.165) is 11.3 Å². The number of hydrogen-bond donors (Lipinski definition) is 0. The molecule has 0 aliphatic rings. The number of benzene rings is 1. The van der Waals surface area contributed by atoms with Gasteiger partial charge < -0.3 is 0 Å². The molecule has 1 aromatic carbocycles. The fourth-order valence-electron chi connectivity index (χ4n) is 1.01. The molecule has 0 bridgehead atoms. The quantitative estimate of drug-likeness (QED) is 0.587. The third-order valence-electron chi connectivity index (χ3n) is 1.54. The van der Waals surface area contributed by atoms with Crippen LogP contribution in [0.15, 0.2) is 18.2 Å². The van der Waals surface area contributed by atoms with Crippen LogP contribution in [0.1, 0.15) is 11.1 Å². The maximum absolute atomic E-state index is 10.0. The molecular weight excluding hydrogens is 138 g/mol.